The van der Waals surface area contributed by atoms with Gasteiger partial charge in [0.1, 0.15) is 0 Å². The topological polar surface area (TPSA) is 38.5 Å². The van der Waals surface area contributed by atoms with Gasteiger partial charge in [0.05, 0.1) is 11.2 Å². The molecule has 0 amide bonds. The van der Waals surface area contributed by atoms with E-state index in [1.165, 1.54) is 0 Å². The molecule has 1 rings (SSSR count). The number of likely N-dealkylation sites (N-methyl/N-ethyl adjacent to an activating group) is 1. The molecule has 3 heteroatoms. The quantitative estimate of drug-likeness (QED) is 0.776. The lowest BCUT2D eigenvalue weighted by Gasteiger charge is -2.37. The number of nitrogens with two attached hydrogens (primary N) is 1. The number of rotatable bonds is 3. The Balaban J connectivity index is 2.78. The molecular weight excluding hydrogens is 188 g/mol. The van der Waals surface area contributed by atoms with Crippen molar-refractivity contribution in [2.24, 2.45) is 5.73 Å². The summed E-state index contributed by atoms with van der Waals surface area (Å²) in [4.78, 5) is 2.36. The maximum absolute atomic E-state index is 6.08. The maximum atomic E-state index is 6.08. The minimum Gasteiger partial charge on any atom is -0.368 e. The molecule has 1 fully saturated rings. The first-order valence-corrected chi connectivity index (χ1v) is 5.82. The van der Waals surface area contributed by atoms with Crippen molar-refractivity contribution in [2.75, 3.05) is 13.6 Å². The van der Waals surface area contributed by atoms with Crippen LogP contribution < -0.4 is 5.73 Å². The molecule has 15 heavy (non-hydrogen) atoms. The molecule has 0 saturated carbocycles. The SMILES string of the molecule is CC(CN)N(C)C1CC(C)(C)OC1(C)C. The molecule has 0 radical (unpaired) electrons. The van der Waals surface area contributed by atoms with E-state index in [1.54, 1.807) is 0 Å². The Labute approximate surface area is 94.0 Å². The van der Waals surface area contributed by atoms with Crippen molar-refractivity contribution in [3.8, 4) is 0 Å². The summed E-state index contributed by atoms with van der Waals surface area (Å²) in [6, 6.07) is 0.859. The standard InChI is InChI=1S/C12H26N2O/c1-9(8-13)14(6)10-7-11(2,3)15-12(10,4)5/h9-10H,7-8,13H2,1-6H3. The third kappa shape index (κ3) is 2.71. The molecule has 0 aromatic rings. The second kappa shape index (κ2) is 4.04. The molecule has 2 atom stereocenters. The lowest BCUT2D eigenvalue weighted by molar-refractivity contribution is -0.0808. The van der Waals surface area contributed by atoms with E-state index in [0.29, 0.717) is 18.6 Å². The van der Waals surface area contributed by atoms with Gasteiger partial charge in [-0.15, -0.1) is 0 Å². The molecule has 1 aliphatic rings. The van der Waals surface area contributed by atoms with Gasteiger partial charge in [0, 0.05) is 18.6 Å². The van der Waals surface area contributed by atoms with Crippen LogP contribution in [0, 0.1) is 0 Å². The van der Waals surface area contributed by atoms with Crippen LogP contribution in [0.4, 0.5) is 0 Å². The Morgan fingerprint density at radius 3 is 2.27 bits per heavy atom. The fourth-order valence-electron chi connectivity index (χ4n) is 2.64. The van der Waals surface area contributed by atoms with E-state index in [2.05, 4.69) is 46.6 Å². The molecule has 1 saturated heterocycles. The first-order chi connectivity index (χ1) is 6.69. The summed E-state index contributed by atoms with van der Waals surface area (Å²) in [5, 5.41) is 0. The molecule has 0 aromatic heterocycles. The van der Waals surface area contributed by atoms with Gasteiger partial charge in [0.15, 0.2) is 0 Å². The molecule has 2 N–H and O–H groups in total. The normalized spacial score (nSPS) is 30.8. The van der Waals surface area contributed by atoms with Crippen molar-refractivity contribution in [1.82, 2.24) is 4.90 Å². The molecule has 0 aliphatic carbocycles. The second-order valence-electron chi connectivity index (χ2n) is 5.94. The summed E-state index contributed by atoms with van der Waals surface area (Å²) < 4.78 is 6.08. The first kappa shape index (κ1) is 12.9. The minimum atomic E-state index is -0.0817. The van der Waals surface area contributed by atoms with Crippen molar-refractivity contribution in [3.05, 3.63) is 0 Å². The molecule has 0 bridgehead atoms. The van der Waals surface area contributed by atoms with Gasteiger partial charge in [-0.1, -0.05) is 0 Å². The van der Waals surface area contributed by atoms with E-state index in [9.17, 15) is 0 Å². The van der Waals surface area contributed by atoms with Crippen LogP contribution in [0.15, 0.2) is 0 Å². The van der Waals surface area contributed by atoms with Gasteiger partial charge in [0.2, 0.25) is 0 Å². The van der Waals surface area contributed by atoms with Crippen LogP contribution in [0.25, 0.3) is 0 Å². The summed E-state index contributed by atoms with van der Waals surface area (Å²) in [6.07, 6.45) is 1.07. The Morgan fingerprint density at radius 2 is 1.93 bits per heavy atom. The summed E-state index contributed by atoms with van der Waals surface area (Å²) in [5.41, 5.74) is 5.62. The summed E-state index contributed by atoms with van der Waals surface area (Å²) in [6.45, 7) is 11.5. The van der Waals surface area contributed by atoms with Crippen molar-refractivity contribution in [2.45, 2.75) is 64.3 Å². The third-order valence-corrected chi connectivity index (χ3v) is 3.55. The summed E-state index contributed by atoms with van der Waals surface area (Å²) in [5.74, 6) is 0. The fourth-order valence-corrected chi connectivity index (χ4v) is 2.64. The van der Waals surface area contributed by atoms with Gasteiger partial charge in [-0.2, -0.15) is 0 Å². The van der Waals surface area contributed by atoms with Crippen LogP contribution >= 0.6 is 0 Å². The van der Waals surface area contributed by atoms with Crippen molar-refractivity contribution in [3.63, 3.8) is 0 Å². The lowest BCUT2D eigenvalue weighted by Crippen LogP contribution is -2.50. The smallest absolute Gasteiger partial charge is 0.0789 e. The zero-order valence-electron chi connectivity index (χ0n) is 11.0. The van der Waals surface area contributed by atoms with Crippen LogP contribution in [0.2, 0.25) is 0 Å². The van der Waals surface area contributed by atoms with Gasteiger partial charge < -0.3 is 10.5 Å². The van der Waals surface area contributed by atoms with E-state index in [-0.39, 0.29) is 11.2 Å². The monoisotopic (exact) mass is 214 g/mol. The zero-order valence-corrected chi connectivity index (χ0v) is 11.0. The van der Waals surface area contributed by atoms with Crippen molar-refractivity contribution in [1.29, 1.82) is 0 Å². The molecule has 0 aromatic carbocycles. The maximum Gasteiger partial charge on any atom is 0.0789 e. The minimum absolute atomic E-state index is 0.0171. The summed E-state index contributed by atoms with van der Waals surface area (Å²) >= 11 is 0. The van der Waals surface area contributed by atoms with E-state index >= 15 is 0 Å². The van der Waals surface area contributed by atoms with Crippen molar-refractivity contribution >= 4 is 0 Å². The Kier molecular flexibility index (Phi) is 3.49. The van der Waals surface area contributed by atoms with E-state index in [0.717, 1.165) is 6.42 Å². The molecule has 1 aliphatic heterocycles. The van der Waals surface area contributed by atoms with Gasteiger partial charge in [-0.3, -0.25) is 4.90 Å². The van der Waals surface area contributed by atoms with E-state index < -0.39 is 0 Å². The fraction of sp³-hybridized carbons (Fsp3) is 1.00. The highest BCUT2D eigenvalue weighted by atomic mass is 16.5. The molecule has 0 spiro atoms. The molecule has 2 unspecified atom stereocenters. The predicted molar refractivity (Wildman–Crippen MR) is 63.9 cm³/mol. The molecule has 1 heterocycles. The Morgan fingerprint density at radius 1 is 1.40 bits per heavy atom. The molecule has 90 valence electrons. The van der Waals surface area contributed by atoms with Gasteiger partial charge in [-0.25, -0.2) is 0 Å². The molecular formula is C12H26N2O. The van der Waals surface area contributed by atoms with Crippen LogP contribution in [0.5, 0.6) is 0 Å². The summed E-state index contributed by atoms with van der Waals surface area (Å²) in [7, 11) is 2.15. The van der Waals surface area contributed by atoms with Gasteiger partial charge in [0.25, 0.3) is 0 Å². The van der Waals surface area contributed by atoms with Gasteiger partial charge in [-0.05, 0) is 48.1 Å². The lowest BCUT2D eigenvalue weighted by atomic mass is 9.92. The highest BCUT2D eigenvalue weighted by Crippen LogP contribution is 2.40. The number of ether oxygens (including phenoxy) is 1. The van der Waals surface area contributed by atoms with E-state index in [4.69, 9.17) is 10.5 Å². The van der Waals surface area contributed by atoms with Crippen LogP contribution in [0.1, 0.15) is 41.0 Å². The largest absolute Gasteiger partial charge is 0.368 e. The van der Waals surface area contributed by atoms with Gasteiger partial charge >= 0.3 is 0 Å². The molecule has 3 nitrogen and oxygen atoms in total. The number of nitrogens with zero attached hydrogens (tertiary/aromatic N) is 1. The highest BCUT2D eigenvalue weighted by Gasteiger charge is 2.48. The second-order valence-corrected chi connectivity index (χ2v) is 5.94. The Bertz CT molecular complexity index is 226. The predicted octanol–water partition coefficient (Wildman–Crippen LogP) is 1.61. The van der Waals surface area contributed by atoms with Crippen LogP contribution in [0.3, 0.4) is 0 Å². The third-order valence-electron chi connectivity index (χ3n) is 3.55. The van der Waals surface area contributed by atoms with Crippen LogP contribution in [-0.4, -0.2) is 41.8 Å². The van der Waals surface area contributed by atoms with E-state index in [1.807, 2.05) is 0 Å². The number of hydrogen-bond donors (Lipinski definition) is 1. The average molecular weight is 214 g/mol. The zero-order chi connectivity index (χ0) is 11.9. The van der Waals surface area contributed by atoms with Crippen LogP contribution in [-0.2, 0) is 4.74 Å². The highest BCUT2D eigenvalue weighted by molar-refractivity contribution is 5.00. The Hall–Kier alpha value is -0.120. The first-order valence-electron chi connectivity index (χ1n) is 5.82. The average Bonchev–Trinajstić information content (AvgIpc) is 2.31. The number of hydrogen-bond acceptors (Lipinski definition) is 3. The van der Waals surface area contributed by atoms with Crippen molar-refractivity contribution < 1.29 is 4.74 Å².